The van der Waals surface area contributed by atoms with E-state index >= 15 is 0 Å². The Morgan fingerprint density at radius 3 is 2.43 bits per heavy atom. The quantitative estimate of drug-likeness (QED) is 0.714. The van der Waals surface area contributed by atoms with E-state index in [4.69, 9.17) is 5.73 Å². The van der Waals surface area contributed by atoms with Crippen molar-refractivity contribution in [1.82, 2.24) is 19.9 Å². The molecular formula is C8H16N6. The van der Waals surface area contributed by atoms with E-state index in [-0.39, 0.29) is 12.0 Å². The molecule has 0 amide bonds. The average Bonchev–Trinajstić information content (AvgIpc) is 2.15. The Bertz CT molecular complexity index is 311. The predicted octanol–water partition coefficient (Wildman–Crippen LogP) is 0.118. The molecular weight excluding hydrogens is 180 g/mol. The number of nitrogen functional groups attached to an aromatic ring is 1. The highest BCUT2D eigenvalue weighted by molar-refractivity contribution is 5.30. The summed E-state index contributed by atoms with van der Waals surface area (Å²) in [5, 5.41) is 2.84. The highest BCUT2D eigenvalue weighted by Gasteiger charge is 2.13. The van der Waals surface area contributed by atoms with E-state index in [0.29, 0.717) is 11.8 Å². The number of hydrogen-bond donors (Lipinski definition) is 2. The molecule has 0 saturated carbocycles. The van der Waals surface area contributed by atoms with E-state index in [1.54, 1.807) is 7.05 Å². The first-order valence-electron chi connectivity index (χ1n) is 4.40. The van der Waals surface area contributed by atoms with Crippen LogP contribution in [0, 0.1) is 0 Å². The number of anilines is 2. The molecule has 0 aliphatic carbocycles. The number of aromatic nitrogens is 3. The molecule has 14 heavy (non-hydrogen) atoms. The second-order valence-corrected chi connectivity index (χ2v) is 3.26. The maximum atomic E-state index is 5.55. The molecule has 0 saturated heterocycles. The molecule has 1 aromatic heterocycles. The van der Waals surface area contributed by atoms with Crippen molar-refractivity contribution in [3.05, 3.63) is 5.82 Å². The van der Waals surface area contributed by atoms with Crippen LogP contribution in [0.5, 0.6) is 0 Å². The van der Waals surface area contributed by atoms with Crippen LogP contribution in [-0.2, 0) is 0 Å². The highest BCUT2D eigenvalue weighted by atomic mass is 15.2. The van der Waals surface area contributed by atoms with Crippen LogP contribution in [0.25, 0.3) is 0 Å². The molecule has 78 valence electrons. The van der Waals surface area contributed by atoms with Gasteiger partial charge in [0.2, 0.25) is 11.9 Å². The molecule has 0 aromatic carbocycles. The van der Waals surface area contributed by atoms with E-state index in [9.17, 15) is 0 Å². The first-order valence-corrected chi connectivity index (χ1v) is 4.40. The third-order valence-corrected chi connectivity index (χ3v) is 2.04. The van der Waals surface area contributed by atoms with Crippen LogP contribution in [0.15, 0.2) is 0 Å². The number of nitrogens with zero attached hydrogens (tertiary/aromatic N) is 4. The van der Waals surface area contributed by atoms with Crippen LogP contribution >= 0.6 is 0 Å². The molecule has 1 aromatic rings. The number of nitrogens with one attached hydrogen (secondary N) is 1. The molecule has 1 unspecified atom stereocenters. The molecule has 1 heterocycles. The van der Waals surface area contributed by atoms with E-state index in [1.165, 1.54) is 0 Å². The van der Waals surface area contributed by atoms with Gasteiger partial charge in [-0.15, -0.1) is 0 Å². The largest absolute Gasteiger partial charge is 0.368 e. The third kappa shape index (κ3) is 2.29. The zero-order chi connectivity index (χ0) is 10.7. The predicted molar refractivity (Wildman–Crippen MR) is 55.9 cm³/mol. The summed E-state index contributed by atoms with van der Waals surface area (Å²) in [6.07, 6.45) is 0. The summed E-state index contributed by atoms with van der Waals surface area (Å²) in [5.74, 6) is 1.42. The Labute approximate surface area is 83.6 Å². The first-order chi connectivity index (χ1) is 6.54. The minimum Gasteiger partial charge on any atom is -0.368 e. The molecule has 3 N–H and O–H groups in total. The van der Waals surface area contributed by atoms with Gasteiger partial charge in [0.25, 0.3) is 0 Å². The van der Waals surface area contributed by atoms with Gasteiger partial charge in [-0.25, -0.2) is 0 Å². The van der Waals surface area contributed by atoms with Crippen molar-refractivity contribution in [2.24, 2.45) is 0 Å². The van der Waals surface area contributed by atoms with Crippen LogP contribution in [0.1, 0.15) is 18.8 Å². The van der Waals surface area contributed by atoms with Crippen LogP contribution in [-0.4, -0.2) is 41.0 Å². The van der Waals surface area contributed by atoms with Gasteiger partial charge in [-0.1, -0.05) is 0 Å². The van der Waals surface area contributed by atoms with Crippen molar-refractivity contribution < 1.29 is 0 Å². The molecule has 1 atom stereocenters. The Hall–Kier alpha value is -1.43. The normalized spacial score (nSPS) is 12.9. The lowest BCUT2D eigenvalue weighted by atomic mass is 10.3. The SMILES string of the molecule is CNc1nc(N)nc(C(C)N(C)C)n1. The summed E-state index contributed by atoms with van der Waals surface area (Å²) in [6, 6.07) is 0.118. The molecule has 6 nitrogen and oxygen atoms in total. The summed E-state index contributed by atoms with van der Waals surface area (Å²) in [6.45, 7) is 2.01. The van der Waals surface area contributed by atoms with Crippen molar-refractivity contribution in [2.75, 3.05) is 32.2 Å². The number of nitrogens with two attached hydrogens (primary N) is 1. The molecule has 1 rings (SSSR count). The summed E-state index contributed by atoms with van der Waals surface area (Å²) >= 11 is 0. The Morgan fingerprint density at radius 1 is 1.29 bits per heavy atom. The van der Waals surface area contributed by atoms with Crippen molar-refractivity contribution in [3.63, 3.8) is 0 Å². The van der Waals surface area contributed by atoms with Crippen molar-refractivity contribution in [2.45, 2.75) is 13.0 Å². The molecule has 6 heteroatoms. The van der Waals surface area contributed by atoms with E-state index < -0.39 is 0 Å². The molecule has 0 aliphatic rings. The van der Waals surface area contributed by atoms with Gasteiger partial charge in [0.15, 0.2) is 5.82 Å². The topological polar surface area (TPSA) is 80.0 Å². The molecule has 0 spiro atoms. The standard InChI is InChI=1S/C8H16N6/c1-5(14(3)4)6-11-7(9)13-8(10-2)12-6/h5H,1-4H3,(H3,9,10,11,12,13). The van der Waals surface area contributed by atoms with Gasteiger partial charge in [0.05, 0.1) is 6.04 Å². The van der Waals surface area contributed by atoms with Crippen molar-refractivity contribution in [1.29, 1.82) is 0 Å². The molecule has 0 bridgehead atoms. The lowest BCUT2D eigenvalue weighted by Gasteiger charge is -2.18. The van der Waals surface area contributed by atoms with E-state index in [1.807, 2.05) is 25.9 Å². The van der Waals surface area contributed by atoms with Gasteiger partial charge < -0.3 is 11.1 Å². The van der Waals surface area contributed by atoms with Gasteiger partial charge >= 0.3 is 0 Å². The fraction of sp³-hybridized carbons (Fsp3) is 0.625. The smallest absolute Gasteiger partial charge is 0.227 e. The lowest BCUT2D eigenvalue weighted by Crippen LogP contribution is -2.20. The monoisotopic (exact) mass is 196 g/mol. The highest BCUT2D eigenvalue weighted by Crippen LogP contribution is 2.14. The van der Waals surface area contributed by atoms with Gasteiger partial charge in [-0.2, -0.15) is 15.0 Å². The van der Waals surface area contributed by atoms with Gasteiger partial charge in [0.1, 0.15) is 0 Å². The van der Waals surface area contributed by atoms with E-state index in [0.717, 1.165) is 0 Å². The van der Waals surface area contributed by atoms with Crippen molar-refractivity contribution in [3.8, 4) is 0 Å². The summed E-state index contributed by atoms with van der Waals surface area (Å²) < 4.78 is 0. The maximum absolute atomic E-state index is 5.55. The Balaban J connectivity index is 3.02. The van der Waals surface area contributed by atoms with Crippen molar-refractivity contribution >= 4 is 11.9 Å². The van der Waals surface area contributed by atoms with E-state index in [2.05, 4.69) is 20.3 Å². The zero-order valence-electron chi connectivity index (χ0n) is 8.94. The summed E-state index contributed by atoms with van der Waals surface area (Å²) in [5.41, 5.74) is 5.55. The van der Waals surface area contributed by atoms with Crippen LogP contribution in [0.3, 0.4) is 0 Å². The molecule has 0 radical (unpaired) electrons. The van der Waals surface area contributed by atoms with Gasteiger partial charge in [-0.3, -0.25) is 4.90 Å². The first kappa shape index (κ1) is 10.6. The molecule has 0 fully saturated rings. The number of rotatable bonds is 3. The maximum Gasteiger partial charge on any atom is 0.227 e. The second kappa shape index (κ2) is 4.19. The zero-order valence-corrected chi connectivity index (χ0v) is 8.94. The fourth-order valence-corrected chi connectivity index (χ4v) is 0.939. The summed E-state index contributed by atoms with van der Waals surface area (Å²) in [7, 11) is 5.67. The Kier molecular flexibility index (Phi) is 3.19. The minimum absolute atomic E-state index is 0.118. The fourth-order valence-electron chi connectivity index (χ4n) is 0.939. The van der Waals surface area contributed by atoms with Crippen LogP contribution in [0.2, 0.25) is 0 Å². The third-order valence-electron chi connectivity index (χ3n) is 2.04. The summed E-state index contributed by atoms with van der Waals surface area (Å²) in [4.78, 5) is 14.2. The number of hydrogen-bond acceptors (Lipinski definition) is 6. The lowest BCUT2D eigenvalue weighted by molar-refractivity contribution is 0.308. The molecule has 0 aliphatic heterocycles. The van der Waals surface area contributed by atoms with Crippen LogP contribution < -0.4 is 11.1 Å². The van der Waals surface area contributed by atoms with Crippen LogP contribution in [0.4, 0.5) is 11.9 Å². The van der Waals surface area contributed by atoms with Gasteiger partial charge in [-0.05, 0) is 21.0 Å². The van der Waals surface area contributed by atoms with Gasteiger partial charge in [0, 0.05) is 7.05 Å². The average molecular weight is 196 g/mol. The Morgan fingerprint density at radius 2 is 1.93 bits per heavy atom. The second-order valence-electron chi connectivity index (χ2n) is 3.26. The minimum atomic E-state index is 0.118.